The molecule has 0 fully saturated rings. The highest BCUT2D eigenvalue weighted by Gasteiger charge is 2.30. The molecule has 4 heteroatoms. The quantitative estimate of drug-likeness (QED) is 0.833. The Kier molecular flexibility index (Phi) is 4.12. The van der Waals surface area contributed by atoms with Crippen LogP contribution in [0.2, 0.25) is 0 Å². The Labute approximate surface area is 134 Å². The van der Waals surface area contributed by atoms with E-state index in [4.69, 9.17) is 9.47 Å². The molecule has 0 N–H and O–H groups in total. The van der Waals surface area contributed by atoms with Gasteiger partial charge in [-0.15, -0.1) is 0 Å². The number of benzene rings is 2. The van der Waals surface area contributed by atoms with E-state index >= 15 is 0 Å². The minimum Gasteiger partial charge on any atom is -0.493 e. The predicted molar refractivity (Wildman–Crippen MR) is 87.5 cm³/mol. The number of ether oxygens (including phenoxy) is 2. The predicted octanol–water partition coefficient (Wildman–Crippen LogP) is 4.54. The Balaban J connectivity index is 2.22. The average molecular weight is 314 g/mol. The minimum absolute atomic E-state index is 0.108. The van der Waals surface area contributed by atoms with Crippen LogP contribution in [-0.4, -0.2) is 20.0 Å². The number of rotatable bonds is 3. The summed E-state index contributed by atoms with van der Waals surface area (Å²) in [7, 11) is 3.20. The van der Waals surface area contributed by atoms with Gasteiger partial charge < -0.3 is 9.47 Å². The molecule has 1 unspecified atom stereocenters. The van der Waals surface area contributed by atoms with Gasteiger partial charge in [0.05, 0.1) is 14.2 Å². The molecule has 0 spiro atoms. The Bertz CT molecular complexity index is 724. The molecule has 0 amide bonds. The zero-order chi connectivity index (χ0) is 15.7. The summed E-state index contributed by atoms with van der Waals surface area (Å²) in [5, 5.41) is 0. The first-order valence-electron chi connectivity index (χ1n) is 7.26. The number of Topliss-reactive ketones (excluding diaryl/α,β-unsaturated/α-hetero) is 1. The fraction of sp³-hybridized carbons (Fsp3) is 0.278. The molecule has 0 saturated heterocycles. The highest BCUT2D eigenvalue weighted by molar-refractivity contribution is 7.99. The van der Waals surface area contributed by atoms with Crippen LogP contribution in [0.1, 0.15) is 35.2 Å². The molecule has 0 bridgehead atoms. The lowest BCUT2D eigenvalue weighted by atomic mass is 9.88. The number of carbonyl (C=O) groups excluding carboxylic acids is 1. The number of ketones is 1. The van der Waals surface area contributed by atoms with Gasteiger partial charge >= 0.3 is 0 Å². The number of hydrogen-bond acceptors (Lipinski definition) is 4. The van der Waals surface area contributed by atoms with Crippen molar-refractivity contribution in [2.75, 3.05) is 14.2 Å². The van der Waals surface area contributed by atoms with Crippen molar-refractivity contribution in [3.63, 3.8) is 0 Å². The van der Waals surface area contributed by atoms with Crippen LogP contribution in [0.25, 0.3) is 0 Å². The fourth-order valence-corrected chi connectivity index (χ4v) is 4.00. The maximum absolute atomic E-state index is 13.0. The van der Waals surface area contributed by atoms with Crippen molar-refractivity contribution in [1.82, 2.24) is 0 Å². The molecule has 1 heterocycles. The normalized spacial score (nSPS) is 16.5. The highest BCUT2D eigenvalue weighted by Crippen LogP contribution is 2.45. The van der Waals surface area contributed by atoms with Gasteiger partial charge in [-0.3, -0.25) is 4.79 Å². The molecule has 1 aliphatic rings. The molecular weight excluding hydrogens is 296 g/mol. The Morgan fingerprint density at radius 3 is 2.41 bits per heavy atom. The molecule has 3 rings (SSSR count). The molecule has 0 aromatic heterocycles. The number of fused-ring (bicyclic) bond motifs is 2. The monoisotopic (exact) mass is 314 g/mol. The number of methoxy groups -OCH3 is 2. The minimum atomic E-state index is -0.108. The van der Waals surface area contributed by atoms with Crippen molar-refractivity contribution in [1.29, 1.82) is 0 Å². The van der Waals surface area contributed by atoms with Crippen LogP contribution in [0, 0.1) is 0 Å². The lowest BCUT2D eigenvalue weighted by Crippen LogP contribution is -2.12. The highest BCUT2D eigenvalue weighted by atomic mass is 32.2. The second-order valence-corrected chi connectivity index (χ2v) is 6.25. The lowest BCUT2D eigenvalue weighted by Gasteiger charge is -2.15. The fourth-order valence-electron chi connectivity index (χ4n) is 2.85. The topological polar surface area (TPSA) is 35.5 Å². The standard InChI is InChI=1S/C18H18O3S/c1-4-11-12-7-5-6-8-16(12)22-17-10-15(21-3)14(20-2)9-13(17)18(11)19/h5-11H,4H2,1-3H3. The maximum Gasteiger partial charge on any atom is 0.171 e. The zero-order valence-electron chi connectivity index (χ0n) is 12.9. The largest absolute Gasteiger partial charge is 0.493 e. The van der Waals surface area contributed by atoms with Crippen molar-refractivity contribution < 1.29 is 14.3 Å². The molecule has 0 aliphatic carbocycles. The van der Waals surface area contributed by atoms with Crippen LogP contribution >= 0.6 is 11.8 Å². The Morgan fingerprint density at radius 1 is 1.05 bits per heavy atom. The van der Waals surface area contributed by atoms with Gasteiger partial charge in [0, 0.05) is 21.3 Å². The maximum atomic E-state index is 13.0. The van der Waals surface area contributed by atoms with Crippen LogP contribution in [-0.2, 0) is 0 Å². The van der Waals surface area contributed by atoms with E-state index < -0.39 is 0 Å². The number of hydrogen-bond donors (Lipinski definition) is 0. The van der Waals surface area contributed by atoms with E-state index in [1.165, 1.54) is 0 Å². The molecule has 2 aromatic carbocycles. The molecule has 0 radical (unpaired) electrons. The van der Waals surface area contributed by atoms with E-state index in [0.717, 1.165) is 21.8 Å². The molecule has 22 heavy (non-hydrogen) atoms. The molecule has 1 atom stereocenters. The van der Waals surface area contributed by atoms with E-state index in [1.54, 1.807) is 32.0 Å². The van der Waals surface area contributed by atoms with Crippen LogP contribution in [0.15, 0.2) is 46.2 Å². The summed E-state index contributed by atoms with van der Waals surface area (Å²) in [4.78, 5) is 15.0. The summed E-state index contributed by atoms with van der Waals surface area (Å²) >= 11 is 1.62. The molecule has 2 aromatic rings. The summed E-state index contributed by atoms with van der Waals surface area (Å²) in [6, 6.07) is 11.8. The first-order chi connectivity index (χ1) is 10.7. The third-order valence-corrected chi connectivity index (χ3v) is 5.14. The average Bonchev–Trinajstić information content (AvgIpc) is 2.67. The Hall–Kier alpha value is -1.94. The van der Waals surface area contributed by atoms with Gasteiger partial charge in [0.2, 0.25) is 0 Å². The van der Waals surface area contributed by atoms with Gasteiger partial charge in [-0.05, 0) is 30.2 Å². The summed E-state index contributed by atoms with van der Waals surface area (Å²) in [5.74, 6) is 1.28. The Morgan fingerprint density at radius 2 is 1.73 bits per heavy atom. The molecule has 114 valence electrons. The van der Waals surface area contributed by atoms with Gasteiger partial charge in [0.1, 0.15) is 0 Å². The van der Waals surface area contributed by atoms with E-state index in [9.17, 15) is 4.79 Å². The number of carbonyl (C=O) groups is 1. The first kappa shape index (κ1) is 15.0. The summed E-state index contributed by atoms with van der Waals surface area (Å²) in [6.45, 7) is 2.05. The third kappa shape index (κ3) is 2.37. The van der Waals surface area contributed by atoms with Crippen molar-refractivity contribution in [3.05, 3.63) is 47.5 Å². The molecule has 3 nitrogen and oxygen atoms in total. The summed E-state index contributed by atoms with van der Waals surface area (Å²) < 4.78 is 10.7. The van der Waals surface area contributed by atoms with Crippen LogP contribution in [0.3, 0.4) is 0 Å². The van der Waals surface area contributed by atoms with E-state index in [-0.39, 0.29) is 11.7 Å². The summed E-state index contributed by atoms with van der Waals surface area (Å²) in [5.41, 5.74) is 1.82. The second-order valence-electron chi connectivity index (χ2n) is 5.17. The first-order valence-corrected chi connectivity index (χ1v) is 8.08. The van der Waals surface area contributed by atoms with Crippen molar-refractivity contribution in [2.45, 2.75) is 29.1 Å². The van der Waals surface area contributed by atoms with Crippen LogP contribution < -0.4 is 9.47 Å². The van der Waals surface area contributed by atoms with Crippen LogP contribution in [0.4, 0.5) is 0 Å². The van der Waals surface area contributed by atoms with Gasteiger partial charge in [-0.25, -0.2) is 0 Å². The summed E-state index contributed by atoms with van der Waals surface area (Å²) in [6.07, 6.45) is 0.782. The van der Waals surface area contributed by atoms with E-state index in [0.29, 0.717) is 17.1 Å². The van der Waals surface area contributed by atoms with Gasteiger partial charge in [-0.2, -0.15) is 0 Å². The van der Waals surface area contributed by atoms with Gasteiger partial charge in [0.15, 0.2) is 17.3 Å². The van der Waals surface area contributed by atoms with Gasteiger partial charge in [0.25, 0.3) is 0 Å². The SMILES string of the molecule is CCC1C(=O)c2cc(OC)c(OC)cc2Sc2ccccc21. The molecule has 0 saturated carbocycles. The van der Waals surface area contributed by atoms with Gasteiger partial charge in [-0.1, -0.05) is 36.9 Å². The second kappa shape index (κ2) is 6.05. The van der Waals surface area contributed by atoms with Crippen molar-refractivity contribution in [3.8, 4) is 11.5 Å². The third-order valence-electron chi connectivity index (χ3n) is 3.99. The zero-order valence-corrected chi connectivity index (χ0v) is 13.7. The van der Waals surface area contributed by atoms with E-state index in [2.05, 4.69) is 19.1 Å². The van der Waals surface area contributed by atoms with Crippen molar-refractivity contribution in [2.24, 2.45) is 0 Å². The lowest BCUT2D eigenvalue weighted by molar-refractivity contribution is 0.0953. The smallest absolute Gasteiger partial charge is 0.171 e. The van der Waals surface area contributed by atoms with Crippen molar-refractivity contribution >= 4 is 17.5 Å². The molecular formula is C18H18O3S. The van der Waals surface area contributed by atoms with Crippen LogP contribution in [0.5, 0.6) is 11.5 Å². The molecule has 1 aliphatic heterocycles. The van der Waals surface area contributed by atoms with E-state index in [1.807, 2.05) is 18.2 Å².